The molecule has 3 nitrogen and oxygen atoms in total. The van der Waals surface area contributed by atoms with Gasteiger partial charge in [-0.15, -0.1) is 0 Å². The van der Waals surface area contributed by atoms with Crippen molar-refractivity contribution < 1.29 is 9.47 Å². The highest BCUT2D eigenvalue weighted by atomic mass is 16.5. The van der Waals surface area contributed by atoms with Gasteiger partial charge in [-0.05, 0) is 49.7 Å². The summed E-state index contributed by atoms with van der Waals surface area (Å²) in [7, 11) is 3.36. The molecule has 1 N–H and O–H groups in total. The number of rotatable bonds is 4. The molecule has 0 heterocycles. The van der Waals surface area contributed by atoms with E-state index in [0.717, 1.165) is 29.0 Å². The summed E-state index contributed by atoms with van der Waals surface area (Å²) < 4.78 is 10.7. The molecule has 3 heteroatoms. The first-order valence-electron chi connectivity index (χ1n) is 7.54. The van der Waals surface area contributed by atoms with E-state index in [-0.39, 0.29) is 0 Å². The van der Waals surface area contributed by atoms with Crippen molar-refractivity contribution in [3.63, 3.8) is 0 Å². The van der Waals surface area contributed by atoms with Crippen LogP contribution in [0.15, 0.2) is 12.1 Å². The molecule has 0 amide bonds. The average Bonchev–Trinajstić information content (AvgIpc) is 2.44. The maximum Gasteiger partial charge on any atom is 0.162 e. The summed E-state index contributed by atoms with van der Waals surface area (Å²) in [6.45, 7) is 6.84. The van der Waals surface area contributed by atoms with Gasteiger partial charge < -0.3 is 14.8 Å². The van der Waals surface area contributed by atoms with E-state index in [2.05, 4.69) is 32.2 Å². The molecule has 1 aromatic rings. The fourth-order valence-electron chi connectivity index (χ4n) is 3.03. The molecule has 0 bridgehead atoms. The normalized spacial score (nSPS) is 26.1. The minimum atomic E-state index is 0.568. The van der Waals surface area contributed by atoms with Crippen molar-refractivity contribution in [3.8, 4) is 11.5 Å². The monoisotopic (exact) mass is 277 g/mol. The number of methoxy groups -OCH3 is 2. The second-order valence-electron chi connectivity index (χ2n) is 6.13. The molecule has 3 unspecified atom stereocenters. The molecule has 1 fully saturated rings. The van der Waals surface area contributed by atoms with Crippen molar-refractivity contribution in [2.24, 2.45) is 11.8 Å². The molecule has 0 spiro atoms. The zero-order valence-corrected chi connectivity index (χ0v) is 13.3. The lowest BCUT2D eigenvalue weighted by atomic mass is 9.79. The Morgan fingerprint density at radius 1 is 1.00 bits per heavy atom. The second-order valence-corrected chi connectivity index (χ2v) is 6.13. The van der Waals surface area contributed by atoms with Crippen LogP contribution in [-0.2, 0) is 0 Å². The van der Waals surface area contributed by atoms with Crippen molar-refractivity contribution >= 4 is 5.69 Å². The summed E-state index contributed by atoms with van der Waals surface area (Å²) in [4.78, 5) is 0. The van der Waals surface area contributed by atoms with E-state index in [9.17, 15) is 0 Å². The third-order valence-electron chi connectivity index (χ3n) is 4.69. The quantitative estimate of drug-likeness (QED) is 0.892. The predicted octanol–water partition coefficient (Wildman–Crippen LogP) is 4.25. The van der Waals surface area contributed by atoms with E-state index in [4.69, 9.17) is 9.47 Å². The maximum atomic E-state index is 5.39. The standard InChI is InChI=1S/C17H27NO2/c1-11-6-7-14(8-12(11)2)18-15-10-17(20-5)16(19-4)9-13(15)3/h9-12,14,18H,6-8H2,1-5H3. The Bertz CT molecular complexity index is 459. The Kier molecular flexibility index (Phi) is 4.79. The summed E-state index contributed by atoms with van der Waals surface area (Å²) in [5.74, 6) is 3.22. The number of benzene rings is 1. The number of hydrogen-bond acceptors (Lipinski definition) is 3. The van der Waals surface area contributed by atoms with Crippen LogP contribution in [0.3, 0.4) is 0 Å². The van der Waals surface area contributed by atoms with Crippen LogP contribution in [0.25, 0.3) is 0 Å². The van der Waals surface area contributed by atoms with Crippen molar-refractivity contribution in [3.05, 3.63) is 17.7 Å². The van der Waals surface area contributed by atoms with Gasteiger partial charge in [0.25, 0.3) is 0 Å². The summed E-state index contributed by atoms with van der Waals surface area (Å²) >= 11 is 0. The molecule has 3 atom stereocenters. The first-order chi connectivity index (χ1) is 9.55. The van der Waals surface area contributed by atoms with E-state index in [0.29, 0.717) is 6.04 Å². The van der Waals surface area contributed by atoms with Gasteiger partial charge in [0.1, 0.15) is 0 Å². The smallest absolute Gasteiger partial charge is 0.162 e. The fraction of sp³-hybridized carbons (Fsp3) is 0.647. The maximum absolute atomic E-state index is 5.39. The molecule has 1 aromatic carbocycles. The number of nitrogens with one attached hydrogen (secondary N) is 1. The number of aryl methyl sites for hydroxylation is 1. The SMILES string of the molecule is COc1cc(C)c(NC2CCC(C)C(C)C2)cc1OC. The summed E-state index contributed by atoms with van der Waals surface area (Å²) in [5.41, 5.74) is 2.36. The molecule has 0 saturated heterocycles. The molecule has 112 valence electrons. The minimum absolute atomic E-state index is 0.568. The number of anilines is 1. The van der Waals surface area contributed by atoms with E-state index < -0.39 is 0 Å². The Hall–Kier alpha value is -1.38. The molecule has 20 heavy (non-hydrogen) atoms. The van der Waals surface area contributed by atoms with E-state index in [1.54, 1.807) is 14.2 Å². The van der Waals surface area contributed by atoms with Crippen molar-refractivity contribution in [1.29, 1.82) is 0 Å². The van der Waals surface area contributed by atoms with Gasteiger partial charge in [0.2, 0.25) is 0 Å². The molecule has 0 radical (unpaired) electrons. The molecule has 0 aromatic heterocycles. The summed E-state index contributed by atoms with van der Waals surface area (Å²) in [5, 5.41) is 3.69. The van der Waals surface area contributed by atoms with Crippen LogP contribution in [0, 0.1) is 18.8 Å². The molecule has 1 aliphatic carbocycles. The Balaban J connectivity index is 2.13. The molecular weight excluding hydrogens is 250 g/mol. The van der Waals surface area contributed by atoms with Crippen molar-refractivity contribution in [2.75, 3.05) is 19.5 Å². The molecular formula is C17H27NO2. The highest BCUT2D eigenvalue weighted by Gasteiger charge is 2.24. The van der Waals surface area contributed by atoms with Crippen molar-refractivity contribution in [1.82, 2.24) is 0 Å². The molecule has 2 rings (SSSR count). The largest absolute Gasteiger partial charge is 0.493 e. The van der Waals surface area contributed by atoms with Gasteiger partial charge >= 0.3 is 0 Å². The lowest BCUT2D eigenvalue weighted by Gasteiger charge is -2.33. The number of hydrogen-bond donors (Lipinski definition) is 1. The zero-order valence-electron chi connectivity index (χ0n) is 13.3. The molecule has 0 aliphatic heterocycles. The fourth-order valence-corrected chi connectivity index (χ4v) is 3.03. The topological polar surface area (TPSA) is 30.5 Å². The van der Waals surface area contributed by atoms with Gasteiger partial charge in [0.15, 0.2) is 11.5 Å². The Morgan fingerprint density at radius 3 is 2.25 bits per heavy atom. The second kappa shape index (κ2) is 6.38. The molecule has 1 saturated carbocycles. The van der Waals surface area contributed by atoms with E-state index in [1.807, 2.05) is 6.07 Å². The van der Waals surface area contributed by atoms with Gasteiger partial charge in [0.05, 0.1) is 14.2 Å². The van der Waals surface area contributed by atoms with Crippen LogP contribution < -0.4 is 14.8 Å². The lowest BCUT2D eigenvalue weighted by Crippen LogP contribution is -2.30. The molecule has 1 aliphatic rings. The Labute approximate surface area is 122 Å². The van der Waals surface area contributed by atoms with Crippen LogP contribution in [0.5, 0.6) is 11.5 Å². The third kappa shape index (κ3) is 3.20. The van der Waals surface area contributed by atoms with Crippen LogP contribution in [0.4, 0.5) is 5.69 Å². The van der Waals surface area contributed by atoms with Gasteiger partial charge in [-0.2, -0.15) is 0 Å². The summed E-state index contributed by atoms with van der Waals surface area (Å²) in [6, 6.07) is 4.66. The lowest BCUT2D eigenvalue weighted by molar-refractivity contribution is 0.261. The minimum Gasteiger partial charge on any atom is -0.493 e. The zero-order chi connectivity index (χ0) is 14.7. The van der Waals surface area contributed by atoms with E-state index >= 15 is 0 Å². The number of ether oxygens (including phenoxy) is 2. The van der Waals surface area contributed by atoms with Crippen LogP contribution in [0.1, 0.15) is 38.7 Å². The Morgan fingerprint density at radius 2 is 1.65 bits per heavy atom. The first kappa shape index (κ1) is 15.0. The van der Waals surface area contributed by atoms with E-state index in [1.165, 1.54) is 24.8 Å². The third-order valence-corrected chi connectivity index (χ3v) is 4.69. The highest BCUT2D eigenvalue weighted by molar-refractivity contribution is 5.60. The van der Waals surface area contributed by atoms with Crippen molar-refractivity contribution in [2.45, 2.75) is 46.1 Å². The first-order valence-corrected chi connectivity index (χ1v) is 7.54. The van der Waals surface area contributed by atoms with Gasteiger partial charge in [-0.3, -0.25) is 0 Å². The van der Waals surface area contributed by atoms with Crippen LogP contribution >= 0.6 is 0 Å². The van der Waals surface area contributed by atoms with Gasteiger partial charge in [0, 0.05) is 17.8 Å². The average molecular weight is 277 g/mol. The highest BCUT2D eigenvalue weighted by Crippen LogP contribution is 2.36. The van der Waals surface area contributed by atoms with Crippen LogP contribution in [0.2, 0.25) is 0 Å². The van der Waals surface area contributed by atoms with Gasteiger partial charge in [-0.1, -0.05) is 13.8 Å². The van der Waals surface area contributed by atoms with Gasteiger partial charge in [-0.25, -0.2) is 0 Å². The van der Waals surface area contributed by atoms with Crippen LogP contribution in [-0.4, -0.2) is 20.3 Å². The summed E-state index contributed by atoms with van der Waals surface area (Å²) in [6.07, 6.45) is 3.80. The predicted molar refractivity (Wildman–Crippen MR) is 83.9 cm³/mol.